The largest absolute Gasteiger partial charge is 0.573 e. The minimum absolute atomic E-state index is 0.238. The SMILES string of the molecule is COCCOc1ccc2cc(OC(F)(F)F)ccc2c1. The molecule has 2 rings (SSSR count). The number of rotatable bonds is 5. The van der Waals surface area contributed by atoms with Gasteiger partial charge in [0.05, 0.1) is 6.61 Å². The summed E-state index contributed by atoms with van der Waals surface area (Å²) in [6.45, 7) is 0.883. The van der Waals surface area contributed by atoms with Gasteiger partial charge in [0.15, 0.2) is 0 Å². The number of methoxy groups -OCH3 is 1. The van der Waals surface area contributed by atoms with Crippen LogP contribution in [0.1, 0.15) is 0 Å². The Morgan fingerprint density at radius 1 is 0.900 bits per heavy atom. The van der Waals surface area contributed by atoms with E-state index in [4.69, 9.17) is 9.47 Å². The molecule has 0 radical (unpaired) electrons. The molecule has 2 aromatic rings. The highest BCUT2D eigenvalue weighted by Crippen LogP contribution is 2.28. The van der Waals surface area contributed by atoms with Gasteiger partial charge in [0.25, 0.3) is 0 Å². The Morgan fingerprint density at radius 2 is 1.50 bits per heavy atom. The van der Waals surface area contributed by atoms with E-state index in [9.17, 15) is 13.2 Å². The lowest BCUT2D eigenvalue weighted by Crippen LogP contribution is -2.16. The first-order valence-corrected chi connectivity index (χ1v) is 5.89. The molecule has 0 saturated heterocycles. The van der Waals surface area contributed by atoms with Crippen molar-refractivity contribution in [1.29, 1.82) is 0 Å². The average Bonchev–Trinajstić information content (AvgIpc) is 2.37. The third-order valence-electron chi connectivity index (χ3n) is 2.57. The summed E-state index contributed by atoms with van der Waals surface area (Å²) in [5.41, 5.74) is 0. The zero-order valence-electron chi connectivity index (χ0n) is 10.7. The van der Waals surface area contributed by atoms with E-state index in [1.165, 1.54) is 12.1 Å². The zero-order valence-corrected chi connectivity index (χ0v) is 10.7. The summed E-state index contributed by atoms with van der Waals surface area (Å²) in [6, 6.07) is 9.29. The van der Waals surface area contributed by atoms with Gasteiger partial charge in [0.2, 0.25) is 0 Å². The molecule has 0 aliphatic carbocycles. The molecular formula is C14H13F3O3. The third kappa shape index (κ3) is 4.03. The maximum atomic E-state index is 12.1. The molecule has 108 valence electrons. The summed E-state index contributed by atoms with van der Waals surface area (Å²) in [5.74, 6) is 0.400. The maximum Gasteiger partial charge on any atom is 0.573 e. The number of hydrogen-bond acceptors (Lipinski definition) is 3. The van der Waals surface area contributed by atoms with Gasteiger partial charge in [-0.1, -0.05) is 12.1 Å². The second-order valence-corrected chi connectivity index (χ2v) is 4.06. The van der Waals surface area contributed by atoms with Crippen molar-refractivity contribution in [3.8, 4) is 11.5 Å². The molecule has 2 aromatic carbocycles. The number of ether oxygens (including phenoxy) is 3. The van der Waals surface area contributed by atoms with Gasteiger partial charge in [-0.2, -0.15) is 0 Å². The standard InChI is InChI=1S/C14H13F3O3/c1-18-6-7-19-12-4-2-11-9-13(20-14(15,16)17)5-3-10(11)8-12/h2-5,8-9H,6-7H2,1H3. The lowest BCUT2D eigenvalue weighted by Gasteiger charge is -2.10. The van der Waals surface area contributed by atoms with E-state index in [1.54, 1.807) is 31.4 Å². The first kappa shape index (κ1) is 14.5. The smallest absolute Gasteiger partial charge is 0.491 e. The summed E-state index contributed by atoms with van der Waals surface area (Å²) < 4.78 is 50.5. The second-order valence-electron chi connectivity index (χ2n) is 4.06. The summed E-state index contributed by atoms with van der Waals surface area (Å²) in [6.07, 6.45) is -4.68. The zero-order chi connectivity index (χ0) is 14.6. The average molecular weight is 286 g/mol. The van der Waals surface area contributed by atoms with E-state index >= 15 is 0 Å². The number of halogens is 3. The van der Waals surface area contributed by atoms with Crippen LogP contribution < -0.4 is 9.47 Å². The predicted molar refractivity (Wildman–Crippen MR) is 68.0 cm³/mol. The molecule has 0 amide bonds. The van der Waals surface area contributed by atoms with Crippen LogP contribution in [0.15, 0.2) is 36.4 Å². The third-order valence-corrected chi connectivity index (χ3v) is 2.57. The molecule has 0 heterocycles. The molecular weight excluding hydrogens is 273 g/mol. The lowest BCUT2D eigenvalue weighted by atomic mass is 10.1. The Bertz CT molecular complexity index is 581. The van der Waals surface area contributed by atoms with Crippen LogP contribution in [-0.2, 0) is 4.74 Å². The summed E-state index contributed by atoms with van der Waals surface area (Å²) in [4.78, 5) is 0. The van der Waals surface area contributed by atoms with Crippen molar-refractivity contribution < 1.29 is 27.4 Å². The van der Waals surface area contributed by atoms with Crippen molar-refractivity contribution in [2.24, 2.45) is 0 Å². The highest BCUT2D eigenvalue weighted by molar-refractivity contribution is 5.85. The minimum atomic E-state index is -4.68. The van der Waals surface area contributed by atoms with Crippen LogP contribution in [0.4, 0.5) is 13.2 Å². The fraction of sp³-hybridized carbons (Fsp3) is 0.286. The van der Waals surface area contributed by atoms with Crippen molar-refractivity contribution in [2.45, 2.75) is 6.36 Å². The predicted octanol–water partition coefficient (Wildman–Crippen LogP) is 3.76. The van der Waals surface area contributed by atoms with Gasteiger partial charge >= 0.3 is 6.36 Å². The summed E-state index contributed by atoms with van der Waals surface area (Å²) in [5, 5.41) is 1.42. The van der Waals surface area contributed by atoms with Crippen LogP contribution in [0.3, 0.4) is 0 Å². The van der Waals surface area contributed by atoms with E-state index in [0.717, 1.165) is 5.39 Å². The highest BCUT2D eigenvalue weighted by Gasteiger charge is 2.31. The molecule has 3 nitrogen and oxygen atoms in total. The molecule has 0 bridgehead atoms. The first-order valence-electron chi connectivity index (χ1n) is 5.89. The van der Waals surface area contributed by atoms with Crippen molar-refractivity contribution >= 4 is 10.8 Å². The molecule has 0 atom stereocenters. The second kappa shape index (κ2) is 6.00. The van der Waals surface area contributed by atoms with Gasteiger partial charge in [-0.25, -0.2) is 0 Å². The monoisotopic (exact) mass is 286 g/mol. The van der Waals surface area contributed by atoms with Gasteiger partial charge in [-0.05, 0) is 35.0 Å². The van der Waals surface area contributed by atoms with Gasteiger partial charge < -0.3 is 14.2 Å². The van der Waals surface area contributed by atoms with E-state index in [1.807, 2.05) is 0 Å². The molecule has 0 saturated carbocycles. The Labute approximate surface area is 113 Å². The number of benzene rings is 2. The maximum absolute atomic E-state index is 12.1. The Balaban J connectivity index is 2.16. The molecule has 0 aliphatic rings. The van der Waals surface area contributed by atoms with Gasteiger partial charge in [0, 0.05) is 7.11 Å². The Morgan fingerprint density at radius 3 is 2.10 bits per heavy atom. The Kier molecular flexibility index (Phi) is 4.34. The molecule has 6 heteroatoms. The molecule has 0 unspecified atom stereocenters. The number of alkyl halides is 3. The molecule has 0 aromatic heterocycles. The normalized spacial score (nSPS) is 11.6. The van der Waals surface area contributed by atoms with Crippen LogP contribution in [0.2, 0.25) is 0 Å². The van der Waals surface area contributed by atoms with Crippen molar-refractivity contribution in [3.63, 3.8) is 0 Å². The van der Waals surface area contributed by atoms with Crippen LogP contribution >= 0.6 is 0 Å². The quantitative estimate of drug-likeness (QED) is 0.783. The van der Waals surface area contributed by atoms with E-state index in [2.05, 4.69) is 4.74 Å². The molecule has 0 fully saturated rings. The van der Waals surface area contributed by atoms with E-state index < -0.39 is 6.36 Å². The van der Waals surface area contributed by atoms with Gasteiger partial charge in [-0.3, -0.25) is 0 Å². The van der Waals surface area contributed by atoms with Crippen LogP contribution in [-0.4, -0.2) is 26.7 Å². The van der Waals surface area contributed by atoms with Gasteiger partial charge in [0.1, 0.15) is 18.1 Å². The fourth-order valence-corrected chi connectivity index (χ4v) is 1.73. The summed E-state index contributed by atoms with van der Waals surface area (Å²) in [7, 11) is 1.58. The molecule has 0 aliphatic heterocycles. The fourth-order valence-electron chi connectivity index (χ4n) is 1.73. The number of fused-ring (bicyclic) bond motifs is 1. The van der Waals surface area contributed by atoms with E-state index in [-0.39, 0.29) is 5.75 Å². The minimum Gasteiger partial charge on any atom is -0.491 e. The lowest BCUT2D eigenvalue weighted by molar-refractivity contribution is -0.274. The van der Waals surface area contributed by atoms with Crippen LogP contribution in [0.25, 0.3) is 10.8 Å². The molecule has 20 heavy (non-hydrogen) atoms. The number of hydrogen-bond donors (Lipinski definition) is 0. The summed E-state index contributed by atoms with van der Waals surface area (Å²) >= 11 is 0. The first-order chi connectivity index (χ1) is 9.48. The van der Waals surface area contributed by atoms with Crippen molar-refractivity contribution in [3.05, 3.63) is 36.4 Å². The van der Waals surface area contributed by atoms with Gasteiger partial charge in [-0.15, -0.1) is 13.2 Å². The van der Waals surface area contributed by atoms with Crippen LogP contribution in [0.5, 0.6) is 11.5 Å². The van der Waals surface area contributed by atoms with Crippen molar-refractivity contribution in [2.75, 3.05) is 20.3 Å². The Hall–Kier alpha value is -1.95. The highest BCUT2D eigenvalue weighted by atomic mass is 19.4. The molecule has 0 N–H and O–H groups in total. The van der Waals surface area contributed by atoms with E-state index in [0.29, 0.717) is 24.3 Å². The van der Waals surface area contributed by atoms with Crippen LogP contribution in [0, 0.1) is 0 Å². The topological polar surface area (TPSA) is 27.7 Å². The van der Waals surface area contributed by atoms with Crippen molar-refractivity contribution in [1.82, 2.24) is 0 Å². The molecule has 0 spiro atoms.